The molecule has 0 fully saturated rings. The van der Waals surface area contributed by atoms with Crippen LogP contribution in [0.1, 0.15) is 36.6 Å². The van der Waals surface area contributed by atoms with Crippen LogP contribution in [0.4, 0.5) is 0 Å². The summed E-state index contributed by atoms with van der Waals surface area (Å²) >= 11 is 1.27. The van der Waals surface area contributed by atoms with Crippen LogP contribution in [0.2, 0.25) is 0 Å². The van der Waals surface area contributed by atoms with Gasteiger partial charge in [-0.05, 0) is 60.9 Å². The van der Waals surface area contributed by atoms with Gasteiger partial charge in [-0.25, -0.2) is 9.79 Å². The molecular weight excluding hydrogens is 528 g/mol. The van der Waals surface area contributed by atoms with Crippen LogP contribution in [0.5, 0.6) is 17.2 Å². The van der Waals surface area contributed by atoms with Gasteiger partial charge in [-0.1, -0.05) is 59.9 Å². The molecule has 0 bridgehead atoms. The fourth-order valence-corrected chi connectivity index (χ4v) is 5.82. The Kier molecular flexibility index (Phi) is 6.96. The molecule has 202 valence electrons. The maximum Gasteiger partial charge on any atom is 0.338 e. The van der Waals surface area contributed by atoms with Crippen molar-refractivity contribution in [3.05, 3.63) is 120 Å². The minimum Gasteiger partial charge on any atom is -0.489 e. The Morgan fingerprint density at radius 2 is 1.90 bits per heavy atom. The van der Waals surface area contributed by atoms with E-state index in [2.05, 4.69) is 4.99 Å². The lowest BCUT2D eigenvalue weighted by Crippen LogP contribution is -2.39. The lowest BCUT2D eigenvalue weighted by molar-refractivity contribution is -0.139. The molecule has 8 nitrogen and oxygen atoms in total. The van der Waals surface area contributed by atoms with Crippen molar-refractivity contribution in [2.75, 3.05) is 13.4 Å². The summed E-state index contributed by atoms with van der Waals surface area (Å²) in [5.74, 6) is 1.36. The summed E-state index contributed by atoms with van der Waals surface area (Å²) in [6, 6.07) is 22.2. The number of carbonyl (C=O) groups excluding carboxylic acids is 1. The average Bonchev–Trinajstić information content (AvgIpc) is 3.55. The predicted molar refractivity (Wildman–Crippen MR) is 150 cm³/mol. The molecular formula is C31H26N2O6S. The van der Waals surface area contributed by atoms with Crippen LogP contribution in [-0.4, -0.2) is 23.9 Å². The molecule has 0 unspecified atom stereocenters. The molecule has 40 heavy (non-hydrogen) atoms. The van der Waals surface area contributed by atoms with E-state index in [9.17, 15) is 9.59 Å². The van der Waals surface area contributed by atoms with Gasteiger partial charge in [0.15, 0.2) is 16.3 Å². The van der Waals surface area contributed by atoms with Crippen molar-refractivity contribution in [2.45, 2.75) is 26.5 Å². The number of hydrogen-bond donors (Lipinski definition) is 0. The Hall–Kier alpha value is -4.63. The molecule has 0 spiro atoms. The van der Waals surface area contributed by atoms with E-state index in [0.29, 0.717) is 50.0 Å². The maximum atomic E-state index is 13.9. The number of thiazole rings is 1. The highest BCUT2D eigenvalue weighted by Crippen LogP contribution is 2.38. The molecule has 9 heteroatoms. The zero-order valence-corrected chi connectivity index (χ0v) is 22.8. The summed E-state index contributed by atoms with van der Waals surface area (Å²) in [4.78, 5) is 32.1. The van der Waals surface area contributed by atoms with Gasteiger partial charge in [0.05, 0.1) is 28.5 Å². The van der Waals surface area contributed by atoms with Crippen LogP contribution < -0.4 is 29.1 Å². The highest BCUT2D eigenvalue weighted by molar-refractivity contribution is 7.07. The van der Waals surface area contributed by atoms with E-state index in [1.807, 2.05) is 66.7 Å². The number of fused-ring (bicyclic) bond motifs is 2. The molecule has 0 radical (unpaired) electrons. The fourth-order valence-electron chi connectivity index (χ4n) is 4.78. The third kappa shape index (κ3) is 4.91. The summed E-state index contributed by atoms with van der Waals surface area (Å²) in [5, 5.41) is 0. The first-order valence-electron chi connectivity index (χ1n) is 12.9. The number of esters is 1. The predicted octanol–water partition coefficient (Wildman–Crippen LogP) is 4.11. The molecule has 3 aromatic carbocycles. The number of carbonyl (C=O) groups is 1. The third-order valence-corrected chi connectivity index (χ3v) is 7.62. The van der Waals surface area contributed by atoms with E-state index >= 15 is 0 Å². The van der Waals surface area contributed by atoms with E-state index < -0.39 is 12.0 Å². The van der Waals surface area contributed by atoms with E-state index in [1.54, 1.807) is 30.5 Å². The van der Waals surface area contributed by atoms with Gasteiger partial charge in [0, 0.05) is 0 Å². The van der Waals surface area contributed by atoms with Gasteiger partial charge in [0.25, 0.3) is 5.56 Å². The number of hydrogen-bond acceptors (Lipinski definition) is 8. The van der Waals surface area contributed by atoms with Crippen LogP contribution in [-0.2, 0) is 16.1 Å². The van der Waals surface area contributed by atoms with E-state index in [4.69, 9.17) is 18.9 Å². The molecule has 0 N–H and O–H groups in total. The van der Waals surface area contributed by atoms with Crippen LogP contribution in [0.15, 0.2) is 93.9 Å². The van der Waals surface area contributed by atoms with Gasteiger partial charge in [0.1, 0.15) is 12.4 Å². The number of rotatable bonds is 7. The molecule has 0 saturated carbocycles. The largest absolute Gasteiger partial charge is 0.489 e. The van der Waals surface area contributed by atoms with E-state index in [1.165, 1.54) is 11.3 Å². The van der Waals surface area contributed by atoms with Gasteiger partial charge in [-0.2, -0.15) is 0 Å². The van der Waals surface area contributed by atoms with Crippen LogP contribution in [0, 0.1) is 0 Å². The lowest BCUT2D eigenvalue weighted by atomic mass is 9.95. The third-order valence-electron chi connectivity index (χ3n) is 6.63. The van der Waals surface area contributed by atoms with Crippen LogP contribution in [0.3, 0.4) is 0 Å². The molecule has 1 atom stereocenters. The molecule has 2 aliphatic rings. The first-order chi connectivity index (χ1) is 19.5. The summed E-state index contributed by atoms with van der Waals surface area (Å²) in [6.45, 7) is 4.27. The minimum absolute atomic E-state index is 0.120. The Balaban J connectivity index is 1.41. The topological polar surface area (TPSA) is 88.4 Å². The molecule has 0 aliphatic carbocycles. The fraction of sp³-hybridized carbons (Fsp3) is 0.194. The number of aromatic nitrogens is 1. The van der Waals surface area contributed by atoms with Crippen molar-refractivity contribution in [1.82, 2.24) is 4.57 Å². The quantitative estimate of drug-likeness (QED) is 0.320. The second kappa shape index (κ2) is 10.9. The first kappa shape index (κ1) is 25.6. The van der Waals surface area contributed by atoms with Crippen molar-refractivity contribution in [1.29, 1.82) is 0 Å². The highest BCUT2D eigenvalue weighted by atomic mass is 32.1. The van der Waals surface area contributed by atoms with Gasteiger partial charge >= 0.3 is 5.97 Å². The highest BCUT2D eigenvalue weighted by Gasteiger charge is 2.34. The monoisotopic (exact) mass is 554 g/mol. The summed E-state index contributed by atoms with van der Waals surface area (Å²) in [6.07, 6.45) is 1.82. The standard InChI is InChI=1S/C31H26N2O6S/c1-3-36-30(35)27-19(2)32-31-33(28(27)22-12-13-24-25(16-22)39-18-38-24)29(34)26(40-31)15-21-10-7-11-23(14-21)37-17-20-8-5-4-6-9-20/h4-16,28H,3,17-18H2,1-2H3/b26-15-/t28-/m1/s1. The molecule has 4 aromatic rings. The summed E-state index contributed by atoms with van der Waals surface area (Å²) in [7, 11) is 0. The van der Waals surface area contributed by atoms with Crippen LogP contribution >= 0.6 is 11.3 Å². The molecule has 2 aliphatic heterocycles. The Labute approximate surface area is 234 Å². The van der Waals surface area contributed by atoms with Gasteiger partial charge in [-0.15, -0.1) is 0 Å². The second-order valence-electron chi connectivity index (χ2n) is 9.26. The van der Waals surface area contributed by atoms with Crippen molar-refractivity contribution in [2.24, 2.45) is 4.99 Å². The molecule has 6 rings (SSSR count). The van der Waals surface area contributed by atoms with Gasteiger partial charge < -0.3 is 18.9 Å². The second-order valence-corrected chi connectivity index (χ2v) is 10.3. The smallest absolute Gasteiger partial charge is 0.338 e. The first-order valence-corrected chi connectivity index (χ1v) is 13.7. The number of benzene rings is 3. The van der Waals surface area contributed by atoms with Gasteiger partial charge in [-0.3, -0.25) is 9.36 Å². The van der Waals surface area contributed by atoms with Gasteiger partial charge in [0.2, 0.25) is 6.79 Å². The summed E-state index contributed by atoms with van der Waals surface area (Å²) < 4.78 is 24.4. The molecule has 3 heterocycles. The zero-order chi connectivity index (χ0) is 27.6. The molecule has 0 saturated heterocycles. The van der Waals surface area contributed by atoms with Crippen molar-refractivity contribution in [3.8, 4) is 17.2 Å². The minimum atomic E-state index is -0.729. The number of ether oxygens (including phenoxy) is 4. The normalized spacial score (nSPS) is 15.9. The van der Waals surface area contributed by atoms with Crippen LogP contribution in [0.25, 0.3) is 6.08 Å². The summed E-state index contributed by atoms with van der Waals surface area (Å²) in [5.41, 5.74) is 3.15. The number of allylic oxidation sites excluding steroid dienone is 1. The Morgan fingerprint density at radius 3 is 2.73 bits per heavy atom. The van der Waals surface area contributed by atoms with Crippen molar-refractivity contribution in [3.63, 3.8) is 0 Å². The average molecular weight is 555 g/mol. The van der Waals surface area contributed by atoms with Crippen molar-refractivity contribution >= 4 is 23.4 Å². The van der Waals surface area contributed by atoms with E-state index in [0.717, 1.165) is 11.1 Å². The molecule has 0 amide bonds. The molecule has 1 aromatic heterocycles. The Morgan fingerprint density at radius 1 is 1.07 bits per heavy atom. The Bertz CT molecular complexity index is 1810. The van der Waals surface area contributed by atoms with E-state index in [-0.39, 0.29) is 19.0 Å². The zero-order valence-electron chi connectivity index (χ0n) is 22.0. The number of nitrogens with zero attached hydrogens (tertiary/aromatic N) is 2. The SMILES string of the molecule is CCOC(=O)C1=C(C)N=c2s/c(=C\c3cccc(OCc4ccccc4)c3)c(=O)n2[C@@H]1c1ccc2c(c1)OCO2. The lowest BCUT2D eigenvalue weighted by Gasteiger charge is -2.24. The van der Waals surface area contributed by atoms with Crippen molar-refractivity contribution < 1.29 is 23.7 Å². The maximum absolute atomic E-state index is 13.9.